The molecule has 2 rings (SSSR count). The van der Waals surface area contributed by atoms with E-state index < -0.39 is 0 Å². The van der Waals surface area contributed by atoms with E-state index in [1.54, 1.807) is 12.4 Å². The summed E-state index contributed by atoms with van der Waals surface area (Å²) in [6, 6.07) is 11.1. The van der Waals surface area contributed by atoms with Crippen molar-refractivity contribution < 1.29 is 9.53 Å². The van der Waals surface area contributed by atoms with Gasteiger partial charge in [0.2, 0.25) is 0 Å². The molecule has 0 aliphatic rings. The largest absolute Gasteiger partial charge is 0.490 e. The van der Waals surface area contributed by atoms with Crippen molar-refractivity contribution in [2.24, 2.45) is 0 Å². The molecule has 1 heterocycles. The maximum absolute atomic E-state index is 12.1. The van der Waals surface area contributed by atoms with E-state index in [4.69, 9.17) is 4.74 Å². The molecule has 6 heteroatoms. The van der Waals surface area contributed by atoms with E-state index in [1.165, 1.54) is 0 Å². The van der Waals surface area contributed by atoms with Crippen LogP contribution < -0.4 is 15.4 Å². The summed E-state index contributed by atoms with van der Waals surface area (Å²) < 4.78 is 5.85. The third-order valence-electron chi connectivity index (χ3n) is 4.12. The van der Waals surface area contributed by atoms with Crippen molar-refractivity contribution in [3.05, 3.63) is 54.4 Å². The number of hydrogen-bond donors (Lipinski definition) is 2. The highest BCUT2D eigenvalue weighted by Crippen LogP contribution is 2.23. The fourth-order valence-corrected chi connectivity index (χ4v) is 2.55. The Morgan fingerprint density at radius 3 is 2.69 bits per heavy atom. The molecule has 6 nitrogen and oxygen atoms in total. The van der Waals surface area contributed by atoms with Crippen molar-refractivity contribution in [3.8, 4) is 5.75 Å². The van der Waals surface area contributed by atoms with Crippen molar-refractivity contribution in [2.75, 3.05) is 38.1 Å². The van der Waals surface area contributed by atoms with Crippen molar-refractivity contribution >= 4 is 11.7 Å². The van der Waals surface area contributed by atoms with E-state index in [1.807, 2.05) is 36.4 Å². The summed E-state index contributed by atoms with van der Waals surface area (Å²) in [7, 11) is 0. The number of para-hydroxylation sites is 2. The molecule has 140 valence electrons. The van der Waals surface area contributed by atoms with E-state index in [-0.39, 0.29) is 6.03 Å². The number of pyridine rings is 1. The number of nitrogens with zero attached hydrogens (tertiary/aromatic N) is 2. The average molecular weight is 356 g/mol. The first-order chi connectivity index (χ1) is 12.7. The number of rotatable bonds is 10. The molecule has 2 N–H and O–H groups in total. The minimum Gasteiger partial charge on any atom is -0.490 e. The molecule has 2 amide bonds. The summed E-state index contributed by atoms with van der Waals surface area (Å²) >= 11 is 0. The van der Waals surface area contributed by atoms with Crippen LogP contribution >= 0.6 is 0 Å². The zero-order valence-electron chi connectivity index (χ0n) is 15.6. The molecule has 0 saturated carbocycles. The summed E-state index contributed by atoms with van der Waals surface area (Å²) in [6.07, 6.45) is 4.28. The van der Waals surface area contributed by atoms with Gasteiger partial charge in [0, 0.05) is 25.5 Å². The molecule has 1 aromatic carbocycles. The Bertz CT molecular complexity index is 660. The Hall–Kier alpha value is -2.60. The molecule has 26 heavy (non-hydrogen) atoms. The first-order valence-corrected chi connectivity index (χ1v) is 9.10. The Balaban J connectivity index is 1.79. The van der Waals surface area contributed by atoms with Gasteiger partial charge in [0.25, 0.3) is 0 Å². The minimum atomic E-state index is -0.242. The predicted octanol–water partition coefficient (Wildman–Crippen LogP) is 3.17. The van der Waals surface area contributed by atoms with E-state index in [0.717, 1.165) is 31.6 Å². The highest BCUT2D eigenvalue weighted by Gasteiger charge is 2.08. The lowest BCUT2D eigenvalue weighted by Gasteiger charge is -2.19. The van der Waals surface area contributed by atoms with E-state index in [9.17, 15) is 4.79 Å². The number of anilines is 1. The van der Waals surface area contributed by atoms with Gasteiger partial charge < -0.3 is 20.3 Å². The molecule has 0 unspecified atom stereocenters. The van der Waals surface area contributed by atoms with E-state index in [0.29, 0.717) is 24.6 Å². The Morgan fingerprint density at radius 2 is 1.96 bits per heavy atom. The van der Waals surface area contributed by atoms with Crippen LogP contribution in [0.25, 0.3) is 0 Å². The number of carbonyl (C=O) groups is 1. The Morgan fingerprint density at radius 1 is 1.15 bits per heavy atom. The topological polar surface area (TPSA) is 66.5 Å². The highest BCUT2D eigenvalue weighted by atomic mass is 16.5. The number of amides is 2. The van der Waals surface area contributed by atoms with Crippen LogP contribution in [0.3, 0.4) is 0 Å². The van der Waals surface area contributed by atoms with Gasteiger partial charge in [-0.05, 0) is 43.3 Å². The summed E-state index contributed by atoms with van der Waals surface area (Å²) in [6.45, 7) is 8.26. The van der Waals surface area contributed by atoms with Crippen LogP contribution in [0.1, 0.15) is 19.4 Å². The van der Waals surface area contributed by atoms with Crippen LogP contribution in [0.2, 0.25) is 0 Å². The van der Waals surface area contributed by atoms with Crippen LogP contribution in [-0.4, -0.2) is 48.7 Å². The summed E-state index contributed by atoms with van der Waals surface area (Å²) in [5.74, 6) is 0.682. The number of ether oxygens (including phenoxy) is 1. The molecular formula is C20H28N4O2. The maximum atomic E-state index is 12.1. The smallest absolute Gasteiger partial charge is 0.319 e. The predicted molar refractivity (Wildman–Crippen MR) is 105 cm³/mol. The molecule has 0 atom stereocenters. The van der Waals surface area contributed by atoms with E-state index >= 15 is 0 Å². The molecule has 0 radical (unpaired) electrons. The molecular weight excluding hydrogens is 328 g/mol. The normalized spacial score (nSPS) is 10.6. The molecule has 0 saturated heterocycles. The van der Waals surface area contributed by atoms with Crippen molar-refractivity contribution in [1.82, 2.24) is 15.2 Å². The molecule has 0 aliphatic heterocycles. The number of urea groups is 1. The van der Waals surface area contributed by atoms with Gasteiger partial charge in [-0.2, -0.15) is 0 Å². The van der Waals surface area contributed by atoms with Crippen molar-refractivity contribution in [1.29, 1.82) is 0 Å². The third kappa shape index (κ3) is 6.72. The third-order valence-corrected chi connectivity index (χ3v) is 4.12. The van der Waals surface area contributed by atoms with Gasteiger partial charge in [-0.15, -0.1) is 0 Å². The molecule has 0 bridgehead atoms. The van der Waals surface area contributed by atoms with Gasteiger partial charge in [-0.3, -0.25) is 4.98 Å². The van der Waals surface area contributed by atoms with Crippen LogP contribution in [0.5, 0.6) is 5.75 Å². The molecule has 2 aromatic rings. The SMILES string of the molecule is CCN(CC)CCOc1ccccc1NC(=O)NCCc1cccnc1. The quantitative estimate of drug-likeness (QED) is 0.686. The van der Waals surface area contributed by atoms with Crippen LogP contribution in [0.4, 0.5) is 10.5 Å². The van der Waals surface area contributed by atoms with Gasteiger partial charge in [0.05, 0.1) is 5.69 Å². The lowest BCUT2D eigenvalue weighted by Crippen LogP contribution is -2.31. The van der Waals surface area contributed by atoms with Gasteiger partial charge >= 0.3 is 6.03 Å². The molecule has 0 spiro atoms. The second-order valence-electron chi connectivity index (χ2n) is 5.86. The first-order valence-electron chi connectivity index (χ1n) is 9.10. The molecule has 1 aromatic heterocycles. The molecule has 0 aliphatic carbocycles. The van der Waals surface area contributed by atoms with Crippen LogP contribution in [-0.2, 0) is 6.42 Å². The summed E-state index contributed by atoms with van der Waals surface area (Å²) in [5, 5.41) is 5.72. The standard InChI is InChI=1S/C20H28N4O2/c1-3-24(4-2)14-15-26-19-10-6-5-9-18(19)23-20(25)22-13-11-17-8-7-12-21-16-17/h5-10,12,16H,3-4,11,13-15H2,1-2H3,(H2,22,23,25). The minimum absolute atomic E-state index is 0.242. The van der Waals surface area contributed by atoms with E-state index in [2.05, 4.69) is 34.4 Å². The number of aromatic nitrogens is 1. The highest BCUT2D eigenvalue weighted by molar-refractivity contribution is 5.90. The Kier molecular flexibility index (Phi) is 8.42. The zero-order chi connectivity index (χ0) is 18.6. The number of benzene rings is 1. The van der Waals surface area contributed by atoms with Gasteiger partial charge in [-0.25, -0.2) is 4.79 Å². The average Bonchev–Trinajstić information content (AvgIpc) is 2.67. The summed E-state index contributed by atoms with van der Waals surface area (Å²) in [4.78, 5) is 18.5. The second-order valence-corrected chi connectivity index (χ2v) is 5.86. The summed E-state index contributed by atoms with van der Waals surface area (Å²) in [5.41, 5.74) is 1.76. The second kappa shape index (κ2) is 11.1. The number of hydrogen-bond acceptors (Lipinski definition) is 4. The monoisotopic (exact) mass is 356 g/mol. The number of carbonyl (C=O) groups excluding carboxylic acids is 1. The van der Waals surface area contributed by atoms with Crippen LogP contribution in [0.15, 0.2) is 48.8 Å². The van der Waals surface area contributed by atoms with Crippen LogP contribution in [0, 0.1) is 0 Å². The van der Waals surface area contributed by atoms with Crippen molar-refractivity contribution in [3.63, 3.8) is 0 Å². The van der Waals surface area contributed by atoms with Gasteiger partial charge in [0.15, 0.2) is 0 Å². The first kappa shape index (κ1) is 19.7. The lowest BCUT2D eigenvalue weighted by atomic mass is 10.2. The fourth-order valence-electron chi connectivity index (χ4n) is 2.55. The zero-order valence-corrected chi connectivity index (χ0v) is 15.6. The number of nitrogens with one attached hydrogen (secondary N) is 2. The van der Waals surface area contributed by atoms with Crippen molar-refractivity contribution in [2.45, 2.75) is 20.3 Å². The maximum Gasteiger partial charge on any atom is 0.319 e. The Labute approximate surface area is 155 Å². The number of likely N-dealkylation sites (N-methyl/N-ethyl adjacent to an activating group) is 1. The fraction of sp³-hybridized carbons (Fsp3) is 0.400. The molecule has 0 fully saturated rings. The van der Waals surface area contributed by atoms with Gasteiger partial charge in [-0.1, -0.05) is 32.0 Å². The lowest BCUT2D eigenvalue weighted by molar-refractivity contribution is 0.223. The van der Waals surface area contributed by atoms with Gasteiger partial charge in [0.1, 0.15) is 12.4 Å².